The highest BCUT2D eigenvalue weighted by Crippen LogP contribution is 2.54. The number of amides is 4. The molecular weight excluding hydrogens is 1430 g/mol. The Bertz CT molecular complexity index is 4730. The Labute approximate surface area is 652 Å². The van der Waals surface area contributed by atoms with E-state index in [1.165, 1.54) is 113 Å². The largest absolute Gasteiger partial charge is 0.493 e. The van der Waals surface area contributed by atoms with Crippen LogP contribution in [0.2, 0.25) is 0 Å². The Balaban J connectivity index is 0.846. The Morgan fingerprint density at radius 3 is 1.22 bits per heavy atom. The van der Waals surface area contributed by atoms with Gasteiger partial charge in [-0.25, -0.2) is 14.6 Å². The van der Waals surface area contributed by atoms with Crippen molar-refractivity contribution in [2.24, 2.45) is 0 Å². The van der Waals surface area contributed by atoms with Crippen LogP contribution in [-0.4, -0.2) is 49.4 Å². The summed E-state index contributed by atoms with van der Waals surface area (Å²) < 4.78 is 19.7. The number of halogens is 1. The lowest BCUT2D eigenvalue weighted by Gasteiger charge is -2.34. The minimum absolute atomic E-state index is 0.0192. The lowest BCUT2D eigenvalue weighted by atomic mass is 9.78. The van der Waals surface area contributed by atoms with Crippen LogP contribution in [0.25, 0.3) is 63.3 Å². The molecule has 0 unspecified atom stereocenters. The molecule has 0 aliphatic carbocycles. The van der Waals surface area contributed by atoms with Crippen LogP contribution >= 0.6 is 38.6 Å². The van der Waals surface area contributed by atoms with Gasteiger partial charge in [-0.1, -0.05) is 253 Å². The van der Waals surface area contributed by atoms with Crippen molar-refractivity contribution in [3.63, 3.8) is 0 Å². The number of hydrogen-bond donors (Lipinski definition) is 0. The molecule has 107 heavy (non-hydrogen) atoms. The molecule has 4 heterocycles. The molecule has 0 saturated heterocycles. The van der Waals surface area contributed by atoms with Crippen LogP contribution < -0.4 is 19.3 Å². The molecule has 564 valence electrons. The lowest BCUT2D eigenvalue weighted by molar-refractivity contribution is 0.0495. The number of anilines is 2. The number of esters is 1. The van der Waals surface area contributed by atoms with Crippen LogP contribution in [-0.2, 0) is 11.2 Å². The van der Waals surface area contributed by atoms with Crippen molar-refractivity contribution in [2.75, 3.05) is 29.6 Å². The molecule has 2 aliphatic heterocycles. The summed E-state index contributed by atoms with van der Waals surface area (Å²) in [6.07, 6.45) is 29.5. The van der Waals surface area contributed by atoms with E-state index in [2.05, 4.69) is 128 Å². The number of hydrogen-bond acceptors (Lipinski definition) is 10. The maximum Gasteiger partial charge on any atom is 0.338 e. The number of thiophene rings is 2. The zero-order chi connectivity index (χ0) is 75.4. The van der Waals surface area contributed by atoms with Crippen LogP contribution in [0.5, 0.6) is 11.5 Å². The van der Waals surface area contributed by atoms with E-state index in [1.807, 2.05) is 60.7 Å². The first kappa shape index (κ1) is 78.9. The molecule has 0 atom stereocenters. The van der Waals surface area contributed by atoms with E-state index < -0.39 is 0 Å². The van der Waals surface area contributed by atoms with Crippen LogP contribution in [0.15, 0.2) is 119 Å². The molecular formula is C94H111BrN2O8S2. The van der Waals surface area contributed by atoms with Gasteiger partial charge in [-0.15, -0.1) is 22.7 Å². The van der Waals surface area contributed by atoms with Gasteiger partial charge in [-0.3, -0.25) is 19.2 Å². The van der Waals surface area contributed by atoms with Gasteiger partial charge in [0.25, 0.3) is 23.6 Å². The summed E-state index contributed by atoms with van der Waals surface area (Å²) in [5.74, 6) is -0.492. The van der Waals surface area contributed by atoms with E-state index >= 15 is 19.2 Å². The van der Waals surface area contributed by atoms with E-state index in [-0.39, 0.29) is 59.9 Å². The lowest BCUT2D eigenvalue weighted by Crippen LogP contribution is -2.42. The van der Waals surface area contributed by atoms with Crippen LogP contribution in [0.4, 0.5) is 11.4 Å². The summed E-state index contributed by atoms with van der Waals surface area (Å²) in [6.45, 7) is 22.8. The zero-order valence-corrected chi connectivity index (χ0v) is 68.4. The summed E-state index contributed by atoms with van der Waals surface area (Å²) in [7, 11) is 0. The second kappa shape index (κ2) is 36.7. The van der Waals surface area contributed by atoms with Gasteiger partial charge in [0.15, 0.2) is 0 Å². The molecule has 0 N–H and O–H groups in total. The summed E-state index contributed by atoms with van der Waals surface area (Å²) in [5, 5.41) is 6.38. The first-order valence-electron chi connectivity index (χ1n) is 40.7. The van der Waals surface area contributed by atoms with E-state index in [4.69, 9.17) is 14.2 Å². The van der Waals surface area contributed by atoms with E-state index in [1.54, 1.807) is 34.8 Å². The monoisotopic (exact) mass is 1540 g/mol. The van der Waals surface area contributed by atoms with Crippen molar-refractivity contribution in [3.8, 4) is 31.7 Å². The van der Waals surface area contributed by atoms with Crippen molar-refractivity contribution in [3.05, 3.63) is 175 Å². The van der Waals surface area contributed by atoms with Gasteiger partial charge >= 0.3 is 5.97 Å². The van der Waals surface area contributed by atoms with Gasteiger partial charge < -0.3 is 14.2 Å². The number of fused-ring (bicyclic) bond motifs is 2. The predicted octanol–water partition coefficient (Wildman–Crippen LogP) is 28.0. The van der Waals surface area contributed by atoms with Gasteiger partial charge in [0.05, 0.1) is 40.5 Å². The molecule has 10 aromatic rings. The summed E-state index contributed by atoms with van der Waals surface area (Å²) in [4.78, 5) is 83.7. The average molecular weight is 1540 g/mol. The van der Waals surface area contributed by atoms with Gasteiger partial charge in [0.1, 0.15) is 11.5 Å². The fourth-order valence-corrected chi connectivity index (χ4v) is 19.1. The molecule has 4 amide bonds. The average Bonchev–Trinajstić information content (AvgIpc) is 0.951. The van der Waals surface area contributed by atoms with E-state index in [9.17, 15) is 4.79 Å². The number of para-hydroxylation sites is 2. The minimum Gasteiger partial charge on any atom is -0.493 e. The standard InChI is InChI=1S/C94H111BrN2O8S2/c1-11-13-15-17-19-21-23-25-29-33-51-103-65-54-64(55-66(57-65)104-52-34-30-26-24-22-20-18-16-14-12-2)94(102)105-53-35-31-27-28-32-38-63-56-76-84-73(90(98)96(92(76)100)88-67(59(3)4)39-36-40-68(88)60(5)6)46-44-72-83-75(78-47-48-79(106-78)80-49-50-81(95)107-80)58-77-85-74(45-43-71(87(83)85)82(63)86(72)84)91(99)97(93(77)101)89-69(61(7)8)41-37-42-70(89)62(9)10/h36-37,39-50,54-62H,11-35,38,51-53H2,1-10H3. The third-order valence-electron chi connectivity index (χ3n) is 22.2. The highest BCUT2D eigenvalue weighted by Gasteiger charge is 2.42. The predicted molar refractivity (Wildman–Crippen MR) is 452 cm³/mol. The number of aryl methyl sites for hydroxylation is 1. The Hall–Kier alpha value is -7.71. The zero-order valence-electron chi connectivity index (χ0n) is 65.1. The van der Waals surface area contributed by atoms with Crippen molar-refractivity contribution >= 4 is 123 Å². The first-order valence-corrected chi connectivity index (χ1v) is 43.1. The second-order valence-corrected chi connectivity index (χ2v) is 34.9. The number of imide groups is 2. The van der Waals surface area contributed by atoms with Gasteiger partial charge in [-0.05, 0) is 193 Å². The van der Waals surface area contributed by atoms with E-state index in [0.717, 1.165) is 135 Å². The third-order valence-corrected chi connectivity index (χ3v) is 25.1. The molecule has 13 heteroatoms. The SMILES string of the molecule is CCCCCCCCCCCCOc1cc(OCCCCCCCCCCCC)cc(C(=O)OCCCCCCCc2cc3c4c(ccc5c6c(-c7ccc(-c8ccc(Br)s8)s7)cc7c8c(ccc(c2c45)c86)C(=O)N(c2c(C(C)C)cccc2C(C)C)C7=O)C(=O)N(c2c(C(C)C)cccc2C(C)C)C3=O)c1. The summed E-state index contributed by atoms with van der Waals surface area (Å²) in [5.41, 5.74) is 9.11. The van der Waals surface area contributed by atoms with Crippen molar-refractivity contribution in [2.45, 2.75) is 260 Å². The summed E-state index contributed by atoms with van der Waals surface area (Å²) in [6, 6.07) is 38.3. The smallest absolute Gasteiger partial charge is 0.338 e. The molecule has 12 rings (SSSR count). The maximum absolute atomic E-state index is 16.1. The maximum atomic E-state index is 16.1. The molecule has 2 aromatic heterocycles. The van der Waals surface area contributed by atoms with Crippen molar-refractivity contribution in [1.82, 2.24) is 0 Å². The number of unbranched alkanes of at least 4 members (excludes halogenated alkanes) is 22. The molecule has 0 spiro atoms. The fourth-order valence-electron chi connectivity index (χ4n) is 16.6. The van der Waals surface area contributed by atoms with Crippen LogP contribution in [0, 0.1) is 0 Å². The first-order chi connectivity index (χ1) is 51.9. The number of nitrogens with zero attached hydrogens (tertiary/aromatic N) is 2. The fraction of sp³-hybridized carbons (Fsp3) is 0.457. The highest BCUT2D eigenvalue weighted by molar-refractivity contribution is 9.11. The van der Waals surface area contributed by atoms with Gasteiger partial charge in [0.2, 0.25) is 0 Å². The van der Waals surface area contributed by atoms with Gasteiger partial charge in [0, 0.05) is 59.3 Å². The van der Waals surface area contributed by atoms with Crippen molar-refractivity contribution in [1.29, 1.82) is 0 Å². The topological polar surface area (TPSA) is 120 Å². The number of carbonyl (C=O) groups is 5. The number of benzene rings is 8. The summed E-state index contributed by atoms with van der Waals surface area (Å²) >= 11 is 7.03. The van der Waals surface area contributed by atoms with Crippen molar-refractivity contribution < 1.29 is 38.2 Å². The Morgan fingerprint density at radius 2 is 0.766 bits per heavy atom. The normalized spacial score (nSPS) is 13.2. The van der Waals surface area contributed by atoms with E-state index in [0.29, 0.717) is 87.5 Å². The molecule has 8 aromatic carbocycles. The molecule has 0 bridgehead atoms. The molecule has 2 aliphatic rings. The van der Waals surface area contributed by atoms with Crippen LogP contribution in [0.3, 0.4) is 0 Å². The molecule has 10 nitrogen and oxygen atoms in total. The van der Waals surface area contributed by atoms with Crippen LogP contribution in [0.1, 0.15) is 333 Å². The second-order valence-electron chi connectivity index (χ2n) is 31.4. The molecule has 0 fully saturated rings. The Kier molecular flexibility index (Phi) is 27.0. The van der Waals surface area contributed by atoms with Gasteiger partial charge in [-0.2, -0.15) is 0 Å². The minimum atomic E-state index is -0.387. The number of carbonyl (C=O) groups excluding carboxylic acids is 5. The quantitative estimate of drug-likeness (QED) is 0.0122. The Morgan fingerprint density at radius 1 is 0.374 bits per heavy atom. The molecule has 0 saturated carbocycles. The highest BCUT2D eigenvalue weighted by atomic mass is 79.9. The third kappa shape index (κ3) is 17.3. The number of rotatable bonds is 41. The molecule has 0 radical (unpaired) electrons. The number of ether oxygens (including phenoxy) is 3.